The molecule has 114 valence electrons. The Labute approximate surface area is 122 Å². The van der Waals surface area contributed by atoms with Gasteiger partial charge in [-0.25, -0.2) is 0 Å². The second kappa shape index (κ2) is 6.43. The van der Waals surface area contributed by atoms with Crippen LogP contribution in [0.2, 0.25) is 0 Å². The first kappa shape index (κ1) is 15.1. The number of anilines is 1. The van der Waals surface area contributed by atoms with E-state index >= 15 is 0 Å². The summed E-state index contributed by atoms with van der Waals surface area (Å²) in [6.45, 7) is 2.92. The van der Waals surface area contributed by atoms with Crippen molar-refractivity contribution in [3.63, 3.8) is 0 Å². The van der Waals surface area contributed by atoms with Gasteiger partial charge in [0.05, 0.1) is 24.0 Å². The molecule has 0 amide bonds. The number of carboxylic acids is 1. The number of ether oxygens (including phenoxy) is 1. The number of non-ortho nitro benzene ring substituents is 1. The quantitative estimate of drug-likeness (QED) is 0.640. The van der Waals surface area contributed by atoms with Crippen molar-refractivity contribution in [1.82, 2.24) is 0 Å². The van der Waals surface area contributed by atoms with Crippen LogP contribution >= 0.6 is 0 Å². The number of carbonyl (C=O) groups is 1. The molecule has 1 N–H and O–H groups in total. The molecule has 1 aliphatic rings. The Bertz CT molecular complexity index is 546. The third-order valence-corrected chi connectivity index (χ3v) is 3.52. The summed E-state index contributed by atoms with van der Waals surface area (Å²) < 4.78 is 5.37. The van der Waals surface area contributed by atoms with Gasteiger partial charge >= 0.3 is 5.97 Å². The zero-order chi connectivity index (χ0) is 15.4. The van der Waals surface area contributed by atoms with E-state index in [4.69, 9.17) is 9.84 Å². The number of nitro benzene ring substituents is 1. The molecule has 21 heavy (non-hydrogen) atoms. The minimum atomic E-state index is -0.859. The van der Waals surface area contributed by atoms with Gasteiger partial charge in [-0.15, -0.1) is 0 Å². The number of hydrogen-bond acceptors (Lipinski definition) is 5. The highest BCUT2D eigenvalue weighted by molar-refractivity contribution is 5.69. The first-order chi connectivity index (χ1) is 10.0. The maximum absolute atomic E-state index is 11.0. The van der Waals surface area contributed by atoms with Crippen molar-refractivity contribution in [3.8, 4) is 5.75 Å². The van der Waals surface area contributed by atoms with E-state index in [1.165, 1.54) is 12.1 Å². The molecule has 0 bridgehead atoms. The standard InChI is InChI=1S/C14H18N2O5/c1-2-21-13-7-11(6-12(8-13)16(19)20)15-5-3-4-10(15)9-14(17)18/h6-8,10H,2-5,9H2,1H3,(H,17,18). The van der Waals surface area contributed by atoms with Crippen molar-refractivity contribution in [1.29, 1.82) is 0 Å². The number of nitro groups is 1. The van der Waals surface area contributed by atoms with Crippen molar-refractivity contribution in [2.24, 2.45) is 0 Å². The molecular weight excluding hydrogens is 276 g/mol. The first-order valence-electron chi connectivity index (χ1n) is 6.92. The fraction of sp³-hybridized carbons (Fsp3) is 0.500. The third kappa shape index (κ3) is 3.62. The highest BCUT2D eigenvalue weighted by atomic mass is 16.6. The highest BCUT2D eigenvalue weighted by Crippen LogP contribution is 2.33. The molecule has 1 aromatic rings. The SMILES string of the molecule is CCOc1cc(N2CCCC2CC(=O)O)cc([N+](=O)[O-])c1. The Morgan fingerprint density at radius 1 is 1.52 bits per heavy atom. The van der Waals surface area contributed by atoms with Crippen LogP contribution in [0.25, 0.3) is 0 Å². The maximum Gasteiger partial charge on any atom is 0.305 e. The molecule has 7 nitrogen and oxygen atoms in total. The number of carboxylic acid groups (broad SMARTS) is 1. The monoisotopic (exact) mass is 294 g/mol. The molecule has 1 aromatic carbocycles. The molecule has 0 saturated carbocycles. The second-order valence-corrected chi connectivity index (χ2v) is 4.96. The van der Waals surface area contributed by atoms with Crippen LogP contribution in [0.1, 0.15) is 26.2 Å². The Balaban J connectivity index is 2.32. The van der Waals surface area contributed by atoms with Gasteiger partial charge in [0.25, 0.3) is 5.69 Å². The molecule has 0 aromatic heterocycles. The summed E-state index contributed by atoms with van der Waals surface area (Å²) >= 11 is 0. The molecule has 0 radical (unpaired) electrons. The van der Waals surface area contributed by atoms with Crippen molar-refractivity contribution in [3.05, 3.63) is 28.3 Å². The fourth-order valence-corrected chi connectivity index (χ4v) is 2.68. The molecule has 1 saturated heterocycles. The van der Waals surface area contributed by atoms with Crippen molar-refractivity contribution < 1.29 is 19.6 Å². The van der Waals surface area contributed by atoms with Crippen LogP contribution in [0.15, 0.2) is 18.2 Å². The molecule has 1 unspecified atom stereocenters. The molecule has 1 heterocycles. The highest BCUT2D eigenvalue weighted by Gasteiger charge is 2.28. The predicted molar refractivity (Wildman–Crippen MR) is 76.9 cm³/mol. The van der Waals surface area contributed by atoms with Gasteiger partial charge in [0.2, 0.25) is 0 Å². The minimum absolute atomic E-state index is 0.0344. The molecule has 2 rings (SSSR count). The van der Waals surface area contributed by atoms with Gasteiger partial charge in [0.1, 0.15) is 5.75 Å². The van der Waals surface area contributed by atoms with Gasteiger partial charge in [-0.1, -0.05) is 0 Å². The maximum atomic E-state index is 11.0. The number of benzene rings is 1. The second-order valence-electron chi connectivity index (χ2n) is 4.96. The topological polar surface area (TPSA) is 92.9 Å². The van der Waals surface area contributed by atoms with E-state index < -0.39 is 10.9 Å². The molecule has 0 spiro atoms. The van der Waals surface area contributed by atoms with Crippen LogP contribution in [-0.4, -0.2) is 35.2 Å². The lowest BCUT2D eigenvalue weighted by Gasteiger charge is -2.26. The zero-order valence-electron chi connectivity index (χ0n) is 11.8. The van der Waals surface area contributed by atoms with Crippen LogP contribution in [-0.2, 0) is 4.79 Å². The Hall–Kier alpha value is -2.31. The average Bonchev–Trinajstić information content (AvgIpc) is 2.86. The van der Waals surface area contributed by atoms with Crippen LogP contribution in [0, 0.1) is 10.1 Å². The summed E-state index contributed by atoms with van der Waals surface area (Å²) in [4.78, 5) is 23.4. The van der Waals surface area contributed by atoms with E-state index in [9.17, 15) is 14.9 Å². The molecule has 0 aliphatic carbocycles. The van der Waals surface area contributed by atoms with E-state index in [0.29, 0.717) is 24.6 Å². The molecule has 1 fully saturated rings. The Morgan fingerprint density at radius 3 is 2.90 bits per heavy atom. The van der Waals surface area contributed by atoms with Crippen LogP contribution < -0.4 is 9.64 Å². The summed E-state index contributed by atoms with van der Waals surface area (Å²) in [7, 11) is 0. The van der Waals surface area contributed by atoms with Gasteiger partial charge in [-0.05, 0) is 19.8 Å². The van der Waals surface area contributed by atoms with Crippen LogP contribution in [0.5, 0.6) is 5.75 Å². The van der Waals surface area contributed by atoms with Crippen molar-refractivity contribution in [2.45, 2.75) is 32.2 Å². The van der Waals surface area contributed by atoms with E-state index in [2.05, 4.69) is 0 Å². The number of hydrogen-bond donors (Lipinski definition) is 1. The molecule has 1 atom stereocenters. The molecule has 1 aliphatic heterocycles. The summed E-state index contributed by atoms with van der Waals surface area (Å²) in [6, 6.07) is 4.47. The lowest BCUT2D eigenvalue weighted by molar-refractivity contribution is -0.384. The van der Waals surface area contributed by atoms with E-state index in [0.717, 1.165) is 12.8 Å². The first-order valence-corrected chi connectivity index (χ1v) is 6.92. The Morgan fingerprint density at radius 2 is 2.29 bits per heavy atom. The van der Waals surface area contributed by atoms with E-state index in [-0.39, 0.29) is 18.2 Å². The lowest BCUT2D eigenvalue weighted by atomic mass is 10.1. The predicted octanol–water partition coefficient (Wildman–Crippen LogP) is 2.44. The van der Waals surface area contributed by atoms with Gasteiger partial charge in [-0.2, -0.15) is 0 Å². The van der Waals surface area contributed by atoms with Gasteiger partial charge < -0.3 is 14.7 Å². The number of rotatable bonds is 6. The summed E-state index contributed by atoms with van der Waals surface area (Å²) in [5.41, 5.74) is 0.605. The minimum Gasteiger partial charge on any atom is -0.494 e. The summed E-state index contributed by atoms with van der Waals surface area (Å²) in [5.74, 6) is -0.426. The largest absolute Gasteiger partial charge is 0.494 e. The normalized spacial score (nSPS) is 17.8. The molecule has 7 heteroatoms. The van der Waals surface area contributed by atoms with Gasteiger partial charge in [0.15, 0.2) is 0 Å². The van der Waals surface area contributed by atoms with Crippen LogP contribution in [0.3, 0.4) is 0 Å². The van der Waals surface area contributed by atoms with E-state index in [1.54, 1.807) is 6.07 Å². The number of nitrogens with zero attached hydrogens (tertiary/aromatic N) is 2. The van der Waals surface area contributed by atoms with Crippen molar-refractivity contribution in [2.75, 3.05) is 18.1 Å². The van der Waals surface area contributed by atoms with Gasteiger partial charge in [0, 0.05) is 30.4 Å². The van der Waals surface area contributed by atoms with E-state index in [1.807, 2.05) is 11.8 Å². The number of aliphatic carboxylic acids is 1. The smallest absolute Gasteiger partial charge is 0.305 e. The molecular formula is C14H18N2O5. The average molecular weight is 294 g/mol. The van der Waals surface area contributed by atoms with Crippen molar-refractivity contribution >= 4 is 17.3 Å². The fourth-order valence-electron chi connectivity index (χ4n) is 2.68. The third-order valence-electron chi connectivity index (χ3n) is 3.52. The van der Waals surface area contributed by atoms with Crippen LogP contribution in [0.4, 0.5) is 11.4 Å². The Kier molecular flexibility index (Phi) is 4.62. The summed E-state index contributed by atoms with van der Waals surface area (Å²) in [6.07, 6.45) is 1.69. The lowest BCUT2D eigenvalue weighted by Crippen LogP contribution is -2.31. The summed E-state index contributed by atoms with van der Waals surface area (Å²) in [5, 5.41) is 20.0. The zero-order valence-corrected chi connectivity index (χ0v) is 11.8. The van der Waals surface area contributed by atoms with Gasteiger partial charge in [-0.3, -0.25) is 14.9 Å².